The van der Waals surface area contributed by atoms with Crippen LogP contribution in [0, 0.1) is 13.8 Å². The van der Waals surface area contributed by atoms with E-state index in [0.717, 1.165) is 21.4 Å². The molecule has 2 amide bonds. The second-order valence-electron chi connectivity index (χ2n) is 10.7. The first kappa shape index (κ1) is 30.8. The van der Waals surface area contributed by atoms with Crippen molar-refractivity contribution in [1.29, 1.82) is 0 Å². The highest BCUT2D eigenvalue weighted by atomic mass is 35.5. The Balaban J connectivity index is 1.24. The number of aromatic amines is 1. The highest BCUT2D eigenvalue weighted by molar-refractivity contribution is 7.92. The lowest BCUT2D eigenvalue weighted by molar-refractivity contribution is 0.0654. The molecule has 0 bridgehead atoms. The first-order valence-corrected chi connectivity index (χ1v) is 16.4. The topological polar surface area (TPSA) is 114 Å². The number of ketones is 1. The molecule has 0 saturated carbocycles. The van der Waals surface area contributed by atoms with Gasteiger partial charge in [-0.3, -0.25) is 19.3 Å². The molecule has 1 aromatic heterocycles. The van der Waals surface area contributed by atoms with Crippen LogP contribution in [-0.4, -0.2) is 60.6 Å². The van der Waals surface area contributed by atoms with E-state index >= 15 is 0 Å². The van der Waals surface area contributed by atoms with E-state index in [2.05, 4.69) is 4.98 Å². The first-order chi connectivity index (χ1) is 20.4. The number of nitrogens with one attached hydrogen (secondary N) is 1. The van der Waals surface area contributed by atoms with Crippen LogP contribution >= 0.6 is 23.2 Å². The van der Waals surface area contributed by atoms with Crippen LogP contribution in [0.4, 0.5) is 0 Å². The third-order valence-electron chi connectivity index (χ3n) is 7.46. The van der Waals surface area contributed by atoms with Crippen molar-refractivity contribution in [2.45, 2.75) is 33.1 Å². The van der Waals surface area contributed by atoms with Crippen molar-refractivity contribution in [2.75, 3.05) is 24.7 Å². The van der Waals surface area contributed by atoms with Gasteiger partial charge in [-0.2, -0.15) is 0 Å². The van der Waals surface area contributed by atoms with Crippen molar-refractivity contribution >= 4 is 61.5 Å². The Kier molecular flexibility index (Phi) is 8.96. The van der Waals surface area contributed by atoms with Crippen LogP contribution in [0.1, 0.15) is 60.7 Å². The van der Waals surface area contributed by atoms with Crippen LogP contribution < -0.4 is 4.74 Å². The van der Waals surface area contributed by atoms with E-state index in [9.17, 15) is 22.8 Å². The zero-order valence-electron chi connectivity index (χ0n) is 23.7. The Labute approximate surface area is 259 Å². The number of carbonyl (C=O) groups excluding carboxylic acids is 3. The molecular weight excluding hydrogens is 611 g/mol. The quantitative estimate of drug-likeness (QED) is 0.109. The average molecular weight is 642 g/mol. The van der Waals surface area contributed by atoms with Gasteiger partial charge in [-0.15, -0.1) is 0 Å². The number of hydrogen-bond acceptors (Lipinski definition) is 6. The molecule has 0 unspecified atom stereocenters. The molecule has 5 rings (SSSR count). The molecule has 0 aliphatic carbocycles. The number of aromatic nitrogens is 1. The number of imide groups is 1. The molecule has 3 aromatic carbocycles. The number of nitrogens with zero attached hydrogens (tertiary/aromatic N) is 1. The number of carbonyl (C=O) groups is 3. The van der Waals surface area contributed by atoms with Gasteiger partial charge in [0.15, 0.2) is 15.6 Å². The Morgan fingerprint density at radius 3 is 2.23 bits per heavy atom. The van der Waals surface area contributed by atoms with Crippen LogP contribution in [0.5, 0.6) is 5.75 Å². The normalized spacial score (nSPS) is 13.2. The summed E-state index contributed by atoms with van der Waals surface area (Å²) in [4.78, 5) is 42.6. The summed E-state index contributed by atoms with van der Waals surface area (Å²) in [7, 11) is -3.84. The van der Waals surface area contributed by atoms with E-state index in [-0.39, 0.29) is 24.4 Å². The number of H-pyrrole nitrogens is 1. The number of hydrogen-bond donors (Lipinski definition) is 1. The minimum Gasteiger partial charge on any atom is -0.494 e. The smallest absolute Gasteiger partial charge is 0.261 e. The SMILES string of the molecule is Cc1cc(OCCCc2c(C(=O)CS(=O)(=O)CCCN3C(=O)c4ccccc4C3=O)[nH]c3cc(Cl)ccc23)cc(C)c1Cl. The Morgan fingerprint density at radius 1 is 0.930 bits per heavy atom. The monoisotopic (exact) mass is 640 g/mol. The maximum Gasteiger partial charge on any atom is 0.261 e. The molecule has 11 heteroatoms. The van der Waals surface area contributed by atoms with E-state index < -0.39 is 33.2 Å². The van der Waals surface area contributed by atoms with Crippen molar-refractivity contribution in [3.8, 4) is 5.75 Å². The third kappa shape index (κ3) is 6.64. The molecule has 0 radical (unpaired) electrons. The van der Waals surface area contributed by atoms with Gasteiger partial charge in [0.25, 0.3) is 11.8 Å². The Morgan fingerprint density at radius 2 is 1.58 bits per heavy atom. The highest BCUT2D eigenvalue weighted by Crippen LogP contribution is 2.29. The number of rotatable bonds is 12. The third-order valence-corrected chi connectivity index (χ3v) is 9.91. The molecular formula is C32H30Cl2N2O6S. The molecule has 0 spiro atoms. The summed E-state index contributed by atoms with van der Waals surface area (Å²) in [6.45, 7) is 4.15. The van der Waals surface area contributed by atoms with E-state index in [4.69, 9.17) is 27.9 Å². The molecule has 1 aliphatic rings. The van der Waals surface area contributed by atoms with E-state index in [1.165, 1.54) is 0 Å². The van der Waals surface area contributed by atoms with Gasteiger partial charge in [0.2, 0.25) is 0 Å². The summed E-state index contributed by atoms with van der Waals surface area (Å²) >= 11 is 12.4. The van der Waals surface area contributed by atoms with Gasteiger partial charge in [-0.1, -0.05) is 41.4 Å². The average Bonchev–Trinajstić information content (AvgIpc) is 3.43. The summed E-state index contributed by atoms with van der Waals surface area (Å²) in [6.07, 6.45) is 1.06. The number of sulfone groups is 1. The largest absolute Gasteiger partial charge is 0.494 e. The maximum absolute atomic E-state index is 13.4. The van der Waals surface area contributed by atoms with Crippen LogP contribution in [-0.2, 0) is 16.3 Å². The van der Waals surface area contributed by atoms with E-state index in [0.29, 0.717) is 57.5 Å². The van der Waals surface area contributed by atoms with Crippen molar-refractivity contribution in [3.63, 3.8) is 0 Å². The number of amides is 2. The molecule has 2 heterocycles. The summed E-state index contributed by atoms with van der Waals surface area (Å²) in [5.74, 6) is -1.80. The maximum atomic E-state index is 13.4. The second kappa shape index (κ2) is 12.5. The van der Waals surface area contributed by atoms with Gasteiger partial charge in [0, 0.05) is 27.5 Å². The molecule has 43 heavy (non-hydrogen) atoms. The Bertz CT molecular complexity index is 1810. The van der Waals surface area contributed by atoms with Crippen LogP contribution in [0.3, 0.4) is 0 Å². The van der Waals surface area contributed by atoms with E-state index in [1.54, 1.807) is 36.4 Å². The summed E-state index contributed by atoms with van der Waals surface area (Å²) in [5.41, 5.74) is 4.01. The van der Waals surface area contributed by atoms with Gasteiger partial charge < -0.3 is 9.72 Å². The molecule has 8 nitrogen and oxygen atoms in total. The van der Waals surface area contributed by atoms with Gasteiger partial charge >= 0.3 is 0 Å². The number of aryl methyl sites for hydroxylation is 3. The summed E-state index contributed by atoms with van der Waals surface area (Å²) in [5, 5.41) is 1.97. The van der Waals surface area contributed by atoms with Crippen LogP contribution in [0.15, 0.2) is 54.6 Å². The zero-order chi connectivity index (χ0) is 30.9. The fourth-order valence-electron chi connectivity index (χ4n) is 5.38. The van der Waals surface area contributed by atoms with Crippen molar-refractivity contribution in [1.82, 2.24) is 9.88 Å². The lowest BCUT2D eigenvalue weighted by Crippen LogP contribution is -2.32. The molecule has 0 fully saturated rings. The van der Waals surface area contributed by atoms with Gasteiger partial charge in [-0.05, 0) is 86.2 Å². The molecule has 0 atom stereocenters. The van der Waals surface area contributed by atoms with Crippen molar-refractivity contribution in [3.05, 3.63) is 98.2 Å². The standard InChI is InChI=1S/C32H30Cl2N2O6S/c1-19-15-22(16-20(2)29(19)34)42-13-5-9-24-23-11-10-21(33)17-27(23)35-30(24)28(37)18-43(40,41)14-6-12-36-31(38)25-7-3-4-8-26(25)32(36)39/h3-4,7-8,10-11,15-17,35H,5-6,9,12-14,18H2,1-2H3. The van der Waals surface area contributed by atoms with Crippen molar-refractivity contribution in [2.24, 2.45) is 0 Å². The number of benzene rings is 3. The van der Waals surface area contributed by atoms with Gasteiger partial charge in [-0.25, -0.2) is 8.42 Å². The van der Waals surface area contributed by atoms with E-state index in [1.807, 2.05) is 32.0 Å². The zero-order valence-corrected chi connectivity index (χ0v) is 26.0. The molecule has 4 aromatic rings. The number of halogens is 2. The fourth-order valence-corrected chi connectivity index (χ4v) is 6.92. The molecule has 0 saturated heterocycles. The lowest BCUT2D eigenvalue weighted by Gasteiger charge is -2.13. The summed E-state index contributed by atoms with van der Waals surface area (Å²) < 4.78 is 31.9. The first-order valence-electron chi connectivity index (χ1n) is 13.8. The second-order valence-corrected chi connectivity index (χ2v) is 13.7. The predicted octanol–water partition coefficient (Wildman–Crippen LogP) is 6.39. The number of ether oxygens (including phenoxy) is 1. The minimum absolute atomic E-state index is 0.0250. The molecule has 1 aliphatic heterocycles. The fraction of sp³-hybridized carbons (Fsp3) is 0.281. The molecule has 224 valence electrons. The lowest BCUT2D eigenvalue weighted by atomic mass is 10.0. The van der Waals surface area contributed by atoms with Crippen LogP contribution in [0.25, 0.3) is 10.9 Å². The predicted molar refractivity (Wildman–Crippen MR) is 167 cm³/mol. The summed E-state index contributed by atoms with van der Waals surface area (Å²) in [6, 6.07) is 15.5. The van der Waals surface area contributed by atoms with Gasteiger partial charge in [0.05, 0.1) is 29.2 Å². The number of Topliss-reactive ketones (excluding diaryl/α,β-unsaturated/α-hetero) is 1. The van der Waals surface area contributed by atoms with Crippen LogP contribution in [0.2, 0.25) is 10.0 Å². The highest BCUT2D eigenvalue weighted by Gasteiger charge is 2.35. The van der Waals surface area contributed by atoms with Crippen molar-refractivity contribution < 1.29 is 27.5 Å². The minimum atomic E-state index is -3.84. The molecule has 1 N–H and O–H groups in total. The van der Waals surface area contributed by atoms with Gasteiger partial charge in [0.1, 0.15) is 11.5 Å². The Hall–Kier alpha value is -3.66. The number of fused-ring (bicyclic) bond motifs is 2.